The van der Waals surface area contributed by atoms with Gasteiger partial charge in [0.15, 0.2) is 0 Å². The fourth-order valence-electron chi connectivity index (χ4n) is 2.68. The molecule has 0 atom stereocenters. The van der Waals surface area contributed by atoms with Crippen LogP contribution in [0.5, 0.6) is 0 Å². The van der Waals surface area contributed by atoms with E-state index in [0.29, 0.717) is 5.82 Å². The summed E-state index contributed by atoms with van der Waals surface area (Å²) in [6, 6.07) is 25.0. The average molecular weight is 303 g/mol. The van der Waals surface area contributed by atoms with E-state index in [1.54, 1.807) is 6.20 Å². The summed E-state index contributed by atoms with van der Waals surface area (Å²) in [4.78, 5) is 6.58. The Hall–Kier alpha value is -2.65. The molecule has 0 aliphatic carbocycles. The summed E-state index contributed by atoms with van der Waals surface area (Å²) in [6.45, 7) is 2.54. The zero-order valence-corrected chi connectivity index (χ0v) is 13.1. The molecule has 1 heterocycles. The minimum absolute atomic E-state index is 0.610. The predicted molar refractivity (Wildman–Crippen MR) is 94.5 cm³/mol. The van der Waals surface area contributed by atoms with E-state index in [4.69, 9.17) is 5.73 Å². The first kappa shape index (κ1) is 15.3. The van der Waals surface area contributed by atoms with E-state index in [-0.39, 0.29) is 0 Å². The minimum Gasteiger partial charge on any atom is -0.383 e. The zero-order chi connectivity index (χ0) is 15.9. The SMILES string of the molecule is Nc1ncccc1CN(Cc1ccccc1)Cc1ccccc1. The Morgan fingerprint density at radius 3 is 1.78 bits per heavy atom. The van der Waals surface area contributed by atoms with Crippen molar-refractivity contribution in [2.45, 2.75) is 19.6 Å². The fourth-order valence-corrected chi connectivity index (χ4v) is 2.68. The van der Waals surface area contributed by atoms with Gasteiger partial charge in [0, 0.05) is 31.4 Å². The summed E-state index contributed by atoms with van der Waals surface area (Å²) >= 11 is 0. The lowest BCUT2D eigenvalue weighted by Gasteiger charge is -2.23. The second-order valence-electron chi connectivity index (χ2n) is 5.66. The first-order valence-electron chi connectivity index (χ1n) is 7.81. The van der Waals surface area contributed by atoms with Crippen LogP contribution in [-0.2, 0) is 19.6 Å². The molecule has 0 fully saturated rings. The van der Waals surface area contributed by atoms with Crippen molar-refractivity contribution in [3.63, 3.8) is 0 Å². The van der Waals surface area contributed by atoms with E-state index < -0.39 is 0 Å². The van der Waals surface area contributed by atoms with Crippen LogP contribution in [0, 0.1) is 0 Å². The number of nitrogen functional groups attached to an aromatic ring is 1. The van der Waals surface area contributed by atoms with Gasteiger partial charge in [0.05, 0.1) is 0 Å². The molecule has 1 aromatic heterocycles. The van der Waals surface area contributed by atoms with Gasteiger partial charge < -0.3 is 5.73 Å². The van der Waals surface area contributed by atoms with Crippen molar-refractivity contribution in [3.8, 4) is 0 Å². The average Bonchev–Trinajstić information content (AvgIpc) is 2.59. The molecule has 3 heteroatoms. The van der Waals surface area contributed by atoms with Crippen molar-refractivity contribution in [2.75, 3.05) is 5.73 Å². The second kappa shape index (κ2) is 7.56. The summed E-state index contributed by atoms with van der Waals surface area (Å²) in [5.41, 5.74) is 9.68. The first-order chi connectivity index (χ1) is 11.3. The molecule has 0 bridgehead atoms. The maximum Gasteiger partial charge on any atom is 0.127 e. The first-order valence-corrected chi connectivity index (χ1v) is 7.81. The zero-order valence-electron chi connectivity index (χ0n) is 13.1. The van der Waals surface area contributed by atoms with E-state index in [1.165, 1.54) is 11.1 Å². The van der Waals surface area contributed by atoms with Crippen molar-refractivity contribution in [1.29, 1.82) is 0 Å². The summed E-state index contributed by atoms with van der Waals surface area (Å²) < 4.78 is 0. The summed E-state index contributed by atoms with van der Waals surface area (Å²) in [5, 5.41) is 0. The highest BCUT2D eigenvalue weighted by molar-refractivity contribution is 5.38. The number of anilines is 1. The smallest absolute Gasteiger partial charge is 0.127 e. The lowest BCUT2D eigenvalue weighted by atomic mass is 10.1. The second-order valence-corrected chi connectivity index (χ2v) is 5.66. The summed E-state index contributed by atoms with van der Waals surface area (Å²) in [5.74, 6) is 0.610. The Bertz CT molecular complexity index is 685. The third-order valence-electron chi connectivity index (χ3n) is 3.82. The van der Waals surface area contributed by atoms with Crippen LogP contribution < -0.4 is 5.73 Å². The standard InChI is InChI=1S/C20H21N3/c21-20-19(12-7-13-22-20)16-23(14-17-8-3-1-4-9-17)15-18-10-5-2-6-11-18/h1-13H,14-16H2,(H2,21,22). The van der Waals surface area contributed by atoms with Crippen LogP contribution in [0.4, 0.5) is 5.82 Å². The number of rotatable bonds is 6. The lowest BCUT2D eigenvalue weighted by molar-refractivity contribution is 0.248. The number of pyridine rings is 1. The molecule has 0 saturated carbocycles. The highest BCUT2D eigenvalue weighted by atomic mass is 15.1. The topological polar surface area (TPSA) is 42.1 Å². The van der Waals surface area contributed by atoms with E-state index in [2.05, 4.69) is 58.4 Å². The highest BCUT2D eigenvalue weighted by Gasteiger charge is 2.10. The van der Waals surface area contributed by atoms with E-state index in [9.17, 15) is 0 Å². The van der Waals surface area contributed by atoms with E-state index >= 15 is 0 Å². The Labute approximate surface area is 137 Å². The number of nitrogens with zero attached hydrogens (tertiary/aromatic N) is 2. The maximum atomic E-state index is 6.02. The van der Waals surface area contributed by atoms with Gasteiger partial charge in [-0.05, 0) is 17.2 Å². The molecule has 23 heavy (non-hydrogen) atoms. The fraction of sp³-hybridized carbons (Fsp3) is 0.150. The van der Waals surface area contributed by atoms with E-state index in [0.717, 1.165) is 25.2 Å². The van der Waals surface area contributed by atoms with Gasteiger partial charge >= 0.3 is 0 Å². The summed E-state index contributed by atoms with van der Waals surface area (Å²) in [7, 11) is 0. The molecule has 3 aromatic rings. The third-order valence-corrected chi connectivity index (χ3v) is 3.82. The third kappa shape index (κ3) is 4.41. The quantitative estimate of drug-likeness (QED) is 0.751. The van der Waals surface area contributed by atoms with Gasteiger partial charge in [-0.3, -0.25) is 4.90 Å². The summed E-state index contributed by atoms with van der Waals surface area (Å²) in [6.07, 6.45) is 1.73. The Balaban J connectivity index is 1.79. The van der Waals surface area contributed by atoms with Gasteiger partial charge in [-0.15, -0.1) is 0 Å². The van der Waals surface area contributed by atoms with Crippen LogP contribution in [-0.4, -0.2) is 9.88 Å². The number of hydrogen-bond donors (Lipinski definition) is 1. The number of benzene rings is 2. The van der Waals surface area contributed by atoms with Gasteiger partial charge in [-0.2, -0.15) is 0 Å². The number of nitrogens with two attached hydrogens (primary N) is 1. The highest BCUT2D eigenvalue weighted by Crippen LogP contribution is 2.16. The lowest BCUT2D eigenvalue weighted by Crippen LogP contribution is -2.23. The van der Waals surface area contributed by atoms with Crippen LogP contribution in [0.1, 0.15) is 16.7 Å². The molecule has 0 radical (unpaired) electrons. The molecule has 0 spiro atoms. The van der Waals surface area contributed by atoms with Gasteiger partial charge in [0.1, 0.15) is 5.82 Å². The van der Waals surface area contributed by atoms with Crippen molar-refractivity contribution >= 4 is 5.82 Å². The van der Waals surface area contributed by atoms with Crippen LogP contribution in [0.25, 0.3) is 0 Å². The van der Waals surface area contributed by atoms with Crippen LogP contribution in [0.2, 0.25) is 0 Å². The minimum atomic E-state index is 0.610. The molecule has 0 aliphatic heterocycles. The van der Waals surface area contributed by atoms with Crippen LogP contribution in [0.15, 0.2) is 79.0 Å². The molecule has 116 valence electrons. The molecule has 0 unspecified atom stereocenters. The van der Waals surface area contributed by atoms with Gasteiger partial charge in [0.2, 0.25) is 0 Å². The Morgan fingerprint density at radius 1 is 0.696 bits per heavy atom. The monoisotopic (exact) mass is 303 g/mol. The Kier molecular flexibility index (Phi) is 5.02. The van der Waals surface area contributed by atoms with Gasteiger partial charge in [0.25, 0.3) is 0 Å². The van der Waals surface area contributed by atoms with Crippen molar-refractivity contribution in [1.82, 2.24) is 9.88 Å². The van der Waals surface area contributed by atoms with Gasteiger partial charge in [-0.25, -0.2) is 4.98 Å². The predicted octanol–water partition coefficient (Wildman–Crippen LogP) is 3.87. The van der Waals surface area contributed by atoms with Crippen LogP contribution in [0.3, 0.4) is 0 Å². The number of aromatic nitrogens is 1. The molecule has 0 aliphatic rings. The molecule has 2 aromatic carbocycles. The van der Waals surface area contributed by atoms with Gasteiger partial charge in [-0.1, -0.05) is 66.7 Å². The molecule has 3 rings (SSSR count). The molecular weight excluding hydrogens is 282 g/mol. The number of hydrogen-bond acceptors (Lipinski definition) is 3. The Morgan fingerprint density at radius 2 is 1.26 bits per heavy atom. The maximum absolute atomic E-state index is 6.02. The largest absolute Gasteiger partial charge is 0.383 e. The van der Waals surface area contributed by atoms with Crippen molar-refractivity contribution in [3.05, 3.63) is 95.7 Å². The normalized spacial score (nSPS) is 10.8. The van der Waals surface area contributed by atoms with Crippen molar-refractivity contribution < 1.29 is 0 Å². The molecule has 0 saturated heterocycles. The van der Waals surface area contributed by atoms with Crippen molar-refractivity contribution in [2.24, 2.45) is 0 Å². The molecule has 2 N–H and O–H groups in total. The molecular formula is C20H21N3. The molecule has 3 nitrogen and oxygen atoms in total. The van der Waals surface area contributed by atoms with E-state index in [1.807, 2.05) is 24.3 Å². The molecule has 0 amide bonds. The van der Waals surface area contributed by atoms with Crippen LogP contribution >= 0.6 is 0 Å².